The maximum atomic E-state index is 12.8. The molecule has 1 aromatic carbocycles. The first-order valence-corrected chi connectivity index (χ1v) is 11.5. The van der Waals surface area contributed by atoms with E-state index in [0.717, 1.165) is 17.0 Å². The van der Waals surface area contributed by atoms with Crippen LogP contribution in [0.4, 0.5) is 0 Å². The number of amides is 1. The molecule has 0 N–H and O–H groups in total. The van der Waals surface area contributed by atoms with E-state index in [9.17, 15) is 13.2 Å². The molecular formula is C20H27ClN4O3S. The summed E-state index contributed by atoms with van der Waals surface area (Å²) < 4.78 is 28.9. The maximum absolute atomic E-state index is 12.8. The summed E-state index contributed by atoms with van der Waals surface area (Å²) in [4.78, 5) is 14.7. The minimum atomic E-state index is -3.54. The summed E-state index contributed by atoms with van der Waals surface area (Å²) in [6.07, 6.45) is 0.295. The topological polar surface area (TPSA) is 75.5 Å². The molecule has 0 radical (unpaired) electrons. The molecule has 0 aliphatic carbocycles. The Morgan fingerprint density at radius 3 is 2.21 bits per heavy atom. The van der Waals surface area contributed by atoms with Gasteiger partial charge < -0.3 is 4.90 Å². The Balaban J connectivity index is 1.60. The highest BCUT2D eigenvalue weighted by atomic mass is 35.5. The second kappa shape index (κ2) is 8.45. The molecule has 1 aliphatic heterocycles. The Labute approximate surface area is 177 Å². The number of hydrogen-bond donors (Lipinski definition) is 0. The number of nitrogens with zero attached hydrogens (tertiary/aromatic N) is 4. The van der Waals surface area contributed by atoms with Crippen LogP contribution in [-0.4, -0.2) is 59.5 Å². The first-order valence-electron chi connectivity index (χ1n) is 9.67. The predicted molar refractivity (Wildman–Crippen MR) is 113 cm³/mol. The van der Waals surface area contributed by atoms with E-state index >= 15 is 0 Å². The molecule has 158 valence electrons. The highest BCUT2D eigenvalue weighted by molar-refractivity contribution is 7.89. The van der Waals surface area contributed by atoms with Crippen LogP contribution in [0.1, 0.15) is 36.3 Å². The van der Waals surface area contributed by atoms with Gasteiger partial charge in [0.05, 0.1) is 27.3 Å². The molecule has 0 unspecified atom stereocenters. The van der Waals surface area contributed by atoms with Crippen molar-refractivity contribution in [1.82, 2.24) is 19.0 Å². The number of aromatic nitrogens is 2. The third-order valence-electron chi connectivity index (χ3n) is 5.37. The lowest BCUT2D eigenvalue weighted by molar-refractivity contribution is -0.133. The van der Waals surface area contributed by atoms with Crippen molar-refractivity contribution in [2.24, 2.45) is 0 Å². The fraction of sp³-hybridized carbons (Fsp3) is 0.500. The lowest BCUT2D eigenvalue weighted by Gasteiger charge is -2.34. The molecule has 1 aliphatic rings. The van der Waals surface area contributed by atoms with Crippen molar-refractivity contribution in [3.63, 3.8) is 0 Å². The second-order valence-electron chi connectivity index (χ2n) is 7.58. The number of hydrogen-bond acceptors (Lipinski definition) is 4. The molecule has 9 heteroatoms. The first-order chi connectivity index (χ1) is 13.6. The lowest BCUT2D eigenvalue weighted by atomic mass is 10.2. The van der Waals surface area contributed by atoms with Crippen LogP contribution in [0.15, 0.2) is 29.2 Å². The Kier molecular flexibility index (Phi) is 6.36. The summed E-state index contributed by atoms with van der Waals surface area (Å²) in [6, 6.07) is 6.72. The number of rotatable bonds is 5. The minimum Gasteiger partial charge on any atom is -0.340 e. The fourth-order valence-electron chi connectivity index (χ4n) is 3.58. The van der Waals surface area contributed by atoms with Gasteiger partial charge in [0, 0.05) is 32.6 Å². The molecule has 29 heavy (non-hydrogen) atoms. The van der Waals surface area contributed by atoms with Gasteiger partial charge in [0.15, 0.2) is 0 Å². The third-order valence-corrected chi connectivity index (χ3v) is 7.83. The van der Waals surface area contributed by atoms with E-state index in [0.29, 0.717) is 37.6 Å². The largest absolute Gasteiger partial charge is 0.340 e. The van der Waals surface area contributed by atoms with Gasteiger partial charge in [-0.3, -0.25) is 9.48 Å². The van der Waals surface area contributed by atoms with Crippen molar-refractivity contribution in [3.8, 4) is 0 Å². The van der Waals surface area contributed by atoms with Crippen LogP contribution in [-0.2, 0) is 14.8 Å². The van der Waals surface area contributed by atoms with Gasteiger partial charge >= 0.3 is 0 Å². The Bertz CT molecular complexity index is 993. The lowest BCUT2D eigenvalue weighted by Crippen LogP contribution is -2.50. The summed E-state index contributed by atoms with van der Waals surface area (Å²) >= 11 is 6.20. The smallest absolute Gasteiger partial charge is 0.243 e. The standard InChI is InChI=1S/C20H27ClN4O3S/c1-14-5-7-18(8-6-14)29(27,28)24-11-9-23(10-12-24)19(26)13-15(2)25-17(4)20(21)16(3)22-25/h5-8,15H,9-13H2,1-4H3/t15-/m0/s1. The molecule has 1 saturated heterocycles. The number of benzene rings is 1. The summed E-state index contributed by atoms with van der Waals surface area (Å²) in [7, 11) is -3.54. The quantitative estimate of drug-likeness (QED) is 0.719. The molecule has 1 aromatic heterocycles. The number of piperazine rings is 1. The van der Waals surface area contributed by atoms with E-state index < -0.39 is 10.0 Å². The SMILES string of the molecule is Cc1ccc(S(=O)(=O)N2CCN(C(=O)C[C@H](C)n3nc(C)c(Cl)c3C)CC2)cc1. The number of halogens is 1. The van der Waals surface area contributed by atoms with Gasteiger partial charge in [-0.25, -0.2) is 8.42 Å². The van der Waals surface area contributed by atoms with Crippen molar-refractivity contribution in [2.45, 2.75) is 45.1 Å². The van der Waals surface area contributed by atoms with E-state index in [-0.39, 0.29) is 16.8 Å². The fourth-order valence-corrected chi connectivity index (χ4v) is 5.12. The number of sulfonamides is 1. The Morgan fingerprint density at radius 1 is 1.10 bits per heavy atom. The molecule has 0 spiro atoms. The molecule has 1 fully saturated rings. The maximum Gasteiger partial charge on any atom is 0.243 e. The number of aryl methyl sites for hydroxylation is 2. The van der Waals surface area contributed by atoms with E-state index in [2.05, 4.69) is 5.10 Å². The summed E-state index contributed by atoms with van der Waals surface area (Å²) in [6.45, 7) is 8.94. The molecule has 1 amide bonds. The first kappa shape index (κ1) is 21.8. The van der Waals surface area contributed by atoms with Crippen molar-refractivity contribution in [1.29, 1.82) is 0 Å². The van der Waals surface area contributed by atoms with E-state index in [4.69, 9.17) is 11.6 Å². The average Bonchev–Trinajstić information content (AvgIpc) is 2.96. The average molecular weight is 439 g/mol. The van der Waals surface area contributed by atoms with Gasteiger partial charge in [0.2, 0.25) is 15.9 Å². The molecule has 0 bridgehead atoms. The predicted octanol–water partition coefficient (Wildman–Crippen LogP) is 2.95. The molecule has 2 aromatic rings. The zero-order chi connectivity index (χ0) is 21.3. The Morgan fingerprint density at radius 2 is 1.69 bits per heavy atom. The molecular weight excluding hydrogens is 412 g/mol. The van der Waals surface area contributed by atoms with Crippen LogP contribution in [0, 0.1) is 20.8 Å². The summed E-state index contributed by atoms with van der Waals surface area (Å²) in [5, 5.41) is 5.04. The van der Waals surface area contributed by atoms with E-state index in [1.807, 2.05) is 27.7 Å². The van der Waals surface area contributed by atoms with Crippen molar-refractivity contribution in [3.05, 3.63) is 46.2 Å². The zero-order valence-electron chi connectivity index (χ0n) is 17.2. The zero-order valence-corrected chi connectivity index (χ0v) is 18.8. The summed E-state index contributed by atoms with van der Waals surface area (Å²) in [5.74, 6) is -0.00596. The van der Waals surface area contributed by atoms with Gasteiger partial charge in [0.1, 0.15) is 0 Å². The monoisotopic (exact) mass is 438 g/mol. The van der Waals surface area contributed by atoms with Crippen LogP contribution in [0.2, 0.25) is 5.02 Å². The highest BCUT2D eigenvalue weighted by Crippen LogP contribution is 2.24. The third kappa shape index (κ3) is 4.49. The van der Waals surface area contributed by atoms with Crippen LogP contribution in [0.5, 0.6) is 0 Å². The molecule has 3 rings (SSSR count). The molecule has 1 atom stereocenters. The van der Waals surface area contributed by atoms with Crippen LogP contribution in [0.3, 0.4) is 0 Å². The Hall–Kier alpha value is -1.90. The number of carbonyl (C=O) groups is 1. The summed E-state index contributed by atoms with van der Waals surface area (Å²) in [5.41, 5.74) is 2.61. The normalized spacial score (nSPS) is 16.8. The highest BCUT2D eigenvalue weighted by Gasteiger charge is 2.30. The van der Waals surface area contributed by atoms with Crippen molar-refractivity contribution < 1.29 is 13.2 Å². The van der Waals surface area contributed by atoms with Gasteiger partial charge in [0.25, 0.3) is 0 Å². The van der Waals surface area contributed by atoms with E-state index in [1.165, 1.54) is 4.31 Å². The van der Waals surface area contributed by atoms with E-state index in [1.54, 1.807) is 33.8 Å². The second-order valence-corrected chi connectivity index (χ2v) is 9.90. The number of carbonyl (C=O) groups excluding carboxylic acids is 1. The van der Waals surface area contributed by atoms with Gasteiger partial charge in [-0.05, 0) is 39.8 Å². The van der Waals surface area contributed by atoms with Crippen molar-refractivity contribution in [2.75, 3.05) is 26.2 Å². The van der Waals surface area contributed by atoms with Crippen LogP contribution >= 0.6 is 11.6 Å². The van der Waals surface area contributed by atoms with Crippen LogP contribution < -0.4 is 0 Å². The minimum absolute atomic E-state index is 0.00596. The van der Waals surface area contributed by atoms with Crippen molar-refractivity contribution >= 4 is 27.5 Å². The molecule has 7 nitrogen and oxygen atoms in total. The van der Waals surface area contributed by atoms with Crippen LogP contribution in [0.25, 0.3) is 0 Å². The molecule has 2 heterocycles. The molecule has 0 saturated carbocycles. The van der Waals surface area contributed by atoms with Gasteiger partial charge in [-0.1, -0.05) is 29.3 Å². The van der Waals surface area contributed by atoms with Gasteiger partial charge in [-0.15, -0.1) is 0 Å². The van der Waals surface area contributed by atoms with Gasteiger partial charge in [-0.2, -0.15) is 9.40 Å².